The second-order valence-electron chi connectivity index (χ2n) is 8.71. The van der Waals surface area contributed by atoms with Gasteiger partial charge in [-0.3, -0.25) is 4.90 Å². The topological polar surface area (TPSA) is 99.9 Å². The quantitative estimate of drug-likeness (QED) is 0.242. The van der Waals surface area contributed by atoms with Crippen LogP contribution in [-0.2, 0) is 9.53 Å². The molecule has 0 aliphatic carbocycles. The highest BCUT2D eigenvalue weighted by Gasteiger charge is 2.16. The number of nitrogens with zero attached hydrogens (tertiary/aromatic N) is 1. The molecule has 7 heteroatoms. The van der Waals surface area contributed by atoms with Crippen molar-refractivity contribution < 1.29 is 14.6 Å². The highest BCUT2D eigenvalue weighted by atomic mass is 16.5. The molecule has 1 saturated heterocycles. The molecule has 1 heterocycles. The Hall–Kier alpha value is -3.65. The van der Waals surface area contributed by atoms with E-state index in [9.17, 15) is 5.11 Å². The molecule has 0 amide bonds. The lowest BCUT2D eigenvalue weighted by molar-refractivity contribution is -0.106. The van der Waals surface area contributed by atoms with Crippen LogP contribution in [0, 0.1) is 0 Å². The minimum atomic E-state index is 0.00823. The predicted octanol–water partition coefficient (Wildman–Crippen LogP) is 4.32. The van der Waals surface area contributed by atoms with E-state index in [4.69, 9.17) is 15.3 Å². The molecule has 196 valence electrons. The third-order valence-corrected chi connectivity index (χ3v) is 6.03. The fourth-order valence-electron chi connectivity index (χ4n) is 4.15. The van der Waals surface area contributed by atoms with Crippen LogP contribution in [0.25, 0.3) is 6.08 Å². The van der Waals surface area contributed by atoms with Crippen molar-refractivity contribution in [3.8, 4) is 5.75 Å². The number of nitrogens with one attached hydrogen (secondary N) is 2. The van der Waals surface area contributed by atoms with Gasteiger partial charge in [0.25, 0.3) is 0 Å². The number of hydrogen-bond acceptors (Lipinski definition) is 7. The van der Waals surface area contributed by atoms with Gasteiger partial charge in [0.1, 0.15) is 12.0 Å². The number of aldehydes is 1. The third-order valence-electron chi connectivity index (χ3n) is 6.03. The van der Waals surface area contributed by atoms with E-state index in [0.717, 1.165) is 68.2 Å². The number of rotatable bonds is 10. The van der Waals surface area contributed by atoms with Crippen LogP contribution in [-0.4, -0.2) is 62.2 Å². The van der Waals surface area contributed by atoms with E-state index in [-0.39, 0.29) is 11.8 Å². The first-order valence-electron chi connectivity index (χ1n) is 12.7. The van der Waals surface area contributed by atoms with E-state index in [2.05, 4.69) is 58.0 Å². The predicted molar refractivity (Wildman–Crippen MR) is 152 cm³/mol. The van der Waals surface area contributed by atoms with Crippen LogP contribution in [0.1, 0.15) is 29.7 Å². The maximum atomic E-state index is 10.0. The number of para-hydroxylation sites is 2. The Morgan fingerprint density at radius 3 is 2.46 bits per heavy atom. The second kappa shape index (κ2) is 15.5. The SMILES string of the molecule is CC=O.Nc1ccccc1NC/C=C/c1ccc(C(NCCN2CCOCC2)c2cccc(O)c2)cc1. The van der Waals surface area contributed by atoms with Gasteiger partial charge >= 0.3 is 0 Å². The van der Waals surface area contributed by atoms with Gasteiger partial charge in [0.2, 0.25) is 0 Å². The Labute approximate surface area is 220 Å². The van der Waals surface area contributed by atoms with Gasteiger partial charge < -0.3 is 31.0 Å². The largest absolute Gasteiger partial charge is 0.508 e. The van der Waals surface area contributed by atoms with Crippen molar-refractivity contribution in [2.24, 2.45) is 0 Å². The molecule has 0 radical (unpaired) electrons. The molecule has 0 spiro atoms. The number of carbonyl (C=O) groups excluding carboxylic acids is 1. The highest BCUT2D eigenvalue weighted by Crippen LogP contribution is 2.25. The molecule has 3 aromatic rings. The number of aromatic hydroxyl groups is 1. The Bertz CT molecular complexity index is 1110. The van der Waals surface area contributed by atoms with E-state index < -0.39 is 0 Å². The van der Waals surface area contributed by atoms with Gasteiger partial charge in [0.05, 0.1) is 30.6 Å². The Morgan fingerprint density at radius 2 is 1.76 bits per heavy atom. The molecule has 0 aromatic heterocycles. The summed E-state index contributed by atoms with van der Waals surface area (Å²) in [7, 11) is 0. The van der Waals surface area contributed by atoms with E-state index in [1.54, 1.807) is 6.07 Å². The molecule has 0 bridgehead atoms. The van der Waals surface area contributed by atoms with Crippen molar-refractivity contribution in [1.82, 2.24) is 10.2 Å². The third kappa shape index (κ3) is 9.38. The van der Waals surface area contributed by atoms with Gasteiger partial charge in [-0.05, 0) is 47.9 Å². The number of carbonyl (C=O) groups is 1. The Kier molecular flexibility index (Phi) is 11.7. The summed E-state index contributed by atoms with van der Waals surface area (Å²) in [5, 5.41) is 17.1. The summed E-state index contributed by atoms with van der Waals surface area (Å²) in [6.45, 7) is 7.54. The highest BCUT2D eigenvalue weighted by molar-refractivity contribution is 5.66. The van der Waals surface area contributed by atoms with Crippen molar-refractivity contribution in [2.75, 3.05) is 57.0 Å². The Morgan fingerprint density at radius 1 is 1.03 bits per heavy atom. The fraction of sp³-hybridized carbons (Fsp3) is 0.300. The molecule has 5 N–H and O–H groups in total. The standard InChI is InChI=1S/C28H34N4O2.C2H4O/c29-26-8-1-2-9-27(26)30-14-4-5-22-10-12-23(13-11-22)28(24-6-3-7-25(33)21-24)31-15-16-32-17-19-34-20-18-32;1-2-3/h1-13,21,28,30-31,33H,14-20,29H2;2H,1H3/b5-4+;. The van der Waals surface area contributed by atoms with E-state index in [1.807, 2.05) is 36.4 Å². The summed E-state index contributed by atoms with van der Waals surface area (Å²) in [6.07, 6.45) is 4.94. The van der Waals surface area contributed by atoms with E-state index in [0.29, 0.717) is 6.54 Å². The number of anilines is 2. The second-order valence-corrected chi connectivity index (χ2v) is 8.71. The minimum Gasteiger partial charge on any atom is -0.508 e. The van der Waals surface area contributed by atoms with Crippen molar-refractivity contribution in [2.45, 2.75) is 13.0 Å². The first kappa shape index (κ1) is 27.9. The van der Waals surface area contributed by atoms with Gasteiger partial charge in [-0.15, -0.1) is 0 Å². The number of phenolic OH excluding ortho intramolecular Hbond substituents is 1. The molecule has 1 atom stereocenters. The van der Waals surface area contributed by atoms with Crippen LogP contribution in [0.3, 0.4) is 0 Å². The van der Waals surface area contributed by atoms with Gasteiger partial charge in [0.15, 0.2) is 0 Å². The molecular formula is C30H38N4O3. The van der Waals surface area contributed by atoms with Crippen LogP contribution in [0.4, 0.5) is 11.4 Å². The summed E-state index contributed by atoms with van der Waals surface area (Å²) in [5.74, 6) is 0.281. The fourth-order valence-corrected chi connectivity index (χ4v) is 4.15. The molecule has 1 aliphatic rings. The molecule has 1 aliphatic heterocycles. The van der Waals surface area contributed by atoms with Crippen molar-refractivity contribution in [1.29, 1.82) is 0 Å². The molecule has 0 saturated carbocycles. The van der Waals surface area contributed by atoms with Gasteiger partial charge in [-0.2, -0.15) is 0 Å². The summed E-state index contributed by atoms with van der Waals surface area (Å²) in [6, 6.07) is 23.8. The summed E-state index contributed by atoms with van der Waals surface area (Å²) in [4.78, 5) is 11.2. The van der Waals surface area contributed by atoms with Crippen LogP contribution in [0.15, 0.2) is 78.9 Å². The van der Waals surface area contributed by atoms with Gasteiger partial charge in [-0.25, -0.2) is 0 Å². The van der Waals surface area contributed by atoms with Crippen LogP contribution >= 0.6 is 0 Å². The number of nitrogens with two attached hydrogens (primary N) is 1. The van der Waals surface area contributed by atoms with Crippen LogP contribution in [0.2, 0.25) is 0 Å². The summed E-state index contributed by atoms with van der Waals surface area (Å²) < 4.78 is 5.45. The molecule has 1 fully saturated rings. The molecule has 37 heavy (non-hydrogen) atoms. The number of phenols is 1. The van der Waals surface area contributed by atoms with Crippen molar-refractivity contribution in [3.05, 3.63) is 95.6 Å². The molecule has 1 unspecified atom stereocenters. The monoisotopic (exact) mass is 502 g/mol. The maximum absolute atomic E-state index is 10.0. The molecule has 4 rings (SSSR count). The van der Waals surface area contributed by atoms with Crippen molar-refractivity contribution in [3.63, 3.8) is 0 Å². The maximum Gasteiger partial charge on any atom is 0.116 e. The first-order valence-corrected chi connectivity index (χ1v) is 12.7. The lowest BCUT2D eigenvalue weighted by Gasteiger charge is -2.28. The minimum absolute atomic E-state index is 0.00823. The lowest BCUT2D eigenvalue weighted by Crippen LogP contribution is -2.41. The number of morpholine rings is 1. The zero-order chi connectivity index (χ0) is 26.3. The molecule has 7 nitrogen and oxygen atoms in total. The van der Waals surface area contributed by atoms with E-state index in [1.165, 1.54) is 12.5 Å². The normalized spacial score (nSPS) is 14.5. The average Bonchev–Trinajstić information content (AvgIpc) is 2.92. The lowest BCUT2D eigenvalue weighted by atomic mass is 9.97. The summed E-state index contributed by atoms with van der Waals surface area (Å²) >= 11 is 0. The molecular weight excluding hydrogens is 464 g/mol. The zero-order valence-electron chi connectivity index (χ0n) is 21.5. The van der Waals surface area contributed by atoms with Gasteiger partial charge in [0, 0.05) is 32.7 Å². The van der Waals surface area contributed by atoms with E-state index >= 15 is 0 Å². The number of nitrogen functional groups attached to an aromatic ring is 1. The zero-order valence-corrected chi connectivity index (χ0v) is 21.5. The Balaban J connectivity index is 0.00000121. The number of ether oxygens (including phenoxy) is 1. The molecule has 3 aromatic carbocycles. The van der Waals surface area contributed by atoms with Crippen LogP contribution in [0.5, 0.6) is 5.75 Å². The van der Waals surface area contributed by atoms with Gasteiger partial charge in [-0.1, -0.05) is 60.7 Å². The van der Waals surface area contributed by atoms with Crippen molar-refractivity contribution >= 4 is 23.7 Å². The number of benzene rings is 3. The smallest absolute Gasteiger partial charge is 0.116 e. The first-order chi connectivity index (χ1) is 18.1. The number of hydrogen-bond donors (Lipinski definition) is 4. The van der Waals surface area contributed by atoms with Crippen LogP contribution < -0.4 is 16.4 Å². The summed E-state index contributed by atoms with van der Waals surface area (Å²) in [5.41, 5.74) is 11.0. The average molecular weight is 503 g/mol.